The lowest BCUT2D eigenvalue weighted by Crippen LogP contribution is -2.05. The Hall–Kier alpha value is -2.48. The Morgan fingerprint density at radius 1 is 1.38 bits per heavy atom. The Kier molecular flexibility index (Phi) is 4.49. The number of nitrogen functional groups attached to an aromatic ring is 1. The Morgan fingerprint density at radius 3 is 2.76 bits per heavy atom. The molecule has 0 saturated carbocycles. The van der Waals surface area contributed by atoms with Crippen LogP contribution in [0.2, 0.25) is 0 Å². The second-order valence-corrected chi connectivity index (χ2v) is 5.20. The number of nitrogens with two attached hydrogens (primary N) is 1. The summed E-state index contributed by atoms with van der Waals surface area (Å²) in [5, 5.41) is 17.0. The number of benzene rings is 1. The van der Waals surface area contributed by atoms with E-state index in [1.165, 1.54) is 5.56 Å². The number of hydrogen-bond acceptors (Lipinski definition) is 4. The molecular weight excluding hydrogens is 262 g/mol. The average Bonchev–Trinajstić information content (AvgIpc) is 2.75. The van der Waals surface area contributed by atoms with Gasteiger partial charge in [-0.25, -0.2) is 4.68 Å². The molecule has 1 aromatic heterocycles. The zero-order valence-corrected chi connectivity index (χ0v) is 12.8. The number of nitrogens with zero attached hydrogens (tertiary/aromatic N) is 3. The van der Waals surface area contributed by atoms with Gasteiger partial charge in [-0.05, 0) is 31.9 Å². The summed E-state index contributed by atoms with van der Waals surface area (Å²) >= 11 is 0. The van der Waals surface area contributed by atoms with E-state index in [-0.39, 0.29) is 0 Å². The predicted octanol–water partition coefficient (Wildman–Crippen LogP) is 3.16. The van der Waals surface area contributed by atoms with Gasteiger partial charge in [-0.2, -0.15) is 5.26 Å². The minimum Gasteiger partial charge on any atom is -0.382 e. The molecule has 0 radical (unpaired) electrons. The molecule has 21 heavy (non-hydrogen) atoms. The molecule has 0 aliphatic carbocycles. The molecule has 0 atom stereocenters. The van der Waals surface area contributed by atoms with Crippen LogP contribution in [0.15, 0.2) is 18.2 Å². The highest BCUT2D eigenvalue weighted by Crippen LogP contribution is 2.26. The molecule has 0 aliphatic heterocycles. The number of rotatable bonds is 5. The van der Waals surface area contributed by atoms with Crippen molar-refractivity contribution in [2.45, 2.75) is 33.6 Å². The first-order chi connectivity index (χ1) is 10.1. The highest BCUT2D eigenvalue weighted by Gasteiger charge is 2.17. The summed E-state index contributed by atoms with van der Waals surface area (Å²) in [6, 6.07) is 8.21. The maximum atomic E-state index is 9.31. The van der Waals surface area contributed by atoms with Gasteiger partial charge in [0.05, 0.1) is 5.69 Å². The topological polar surface area (TPSA) is 79.7 Å². The van der Waals surface area contributed by atoms with Crippen LogP contribution in [0.3, 0.4) is 0 Å². The fourth-order valence-corrected chi connectivity index (χ4v) is 2.28. The Bertz CT molecular complexity index is 679. The maximum Gasteiger partial charge on any atom is 0.168 e. The molecule has 5 heteroatoms. The van der Waals surface area contributed by atoms with Crippen LogP contribution in [0, 0.1) is 25.2 Å². The third-order valence-electron chi connectivity index (χ3n) is 3.44. The van der Waals surface area contributed by atoms with Gasteiger partial charge in [-0.1, -0.05) is 31.0 Å². The molecule has 0 unspecified atom stereocenters. The van der Waals surface area contributed by atoms with E-state index in [0.29, 0.717) is 17.2 Å². The Balaban J connectivity index is 2.43. The van der Waals surface area contributed by atoms with Gasteiger partial charge in [0.15, 0.2) is 5.82 Å². The van der Waals surface area contributed by atoms with Crippen molar-refractivity contribution < 1.29 is 0 Å². The summed E-state index contributed by atoms with van der Waals surface area (Å²) in [7, 11) is 0. The van der Waals surface area contributed by atoms with E-state index in [1.54, 1.807) is 4.68 Å². The highest BCUT2D eigenvalue weighted by atomic mass is 15.3. The van der Waals surface area contributed by atoms with Gasteiger partial charge in [0.1, 0.15) is 17.5 Å². The first-order valence-corrected chi connectivity index (χ1v) is 7.18. The van der Waals surface area contributed by atoms with Gasteiger partial charge in [0, 0.05) is 6.54 Å². The van der Waals surface area contributed by atoms with Gasteiger partial charge in [-0.3, -0.25) is 0 Å². The number of anilines is 2. The first-order valence-electron chi connectivity index (χ1n) is 7.18. The van der Waals surface area contributed by atoms with E-state index in [9.17, 15) is 5.26 Å². The third kappa shape index (κ3) is 3.00. The largest absolute Gasteiger partial charge is 0.382 e. The van der Waals surface area contributed by atoms with Gasteiger partial charge >= 0.3 is 0 Å². The smallest absolute Gasteiger partial charge is 0.168 e. The zero-order valence-electron chi connectivity index (χ0n) is 12.8. The van der Waals surface area contributed by atoms with Crippen molar-refractivity contribution in [2.24, 2.45) is 0 Å². The van der Waals surface area contributed by atoms with Crippen molar-refractivity contribution in [3.05, 3.63) is 34.9 Å². The number of nitriles is 1. The van der Waals surface area contributed by atoms with Crippen molar-refractivity contribution in [3.63, 3.8) is 0 Å². The van der Waals surface area contributed by atoms with Crippen LogP contribution in [0.1, 0.15) is 36.5 Å². The van der Waals surface area contributed by atoms with Crippen molar-refractivity contribution in [2.75, 3.05) is 17.6 Å². The monoisotopic (exact) mass is 283 g/mol. The average molecular weight is 283 g/mol. The van der Waals surface area contributed by atoms with Crippen LogP contribution >= 0.6 is 0 Å². The summed E-state index contributed by atoms with van der Waals surface area (Å²) in [6.07, 6.45) is 2.11. The van der Waals surface area contributed by atoms with Gasteiger partial charge in [0.25, 0.3) is 0 Å². The number of unbranched alkanes of at least 4 members (excludes halogenated alkanes) is 1. The minimum atomic E-state index is 0.378. The molecule has 0 saturated heterocycles. The Labute approximate surface area is 125 Å². The van der Waals surface area contributed by atoms with Crippen LogP contribution in [0.5, 0.6) is 0 Å². The standard InChI is InChI=1S/C16H21N5/c1-4-5-8-19-16-13(10-17)15(18)21(20-16)14-7-6-11(2)9-12(14)3/h6-7,9H,4-5,8,18H2,1-3H3,(H,19,20). The highest BCUT2D eigenvalue weighted by molar-refractivity contribution is 5.66. The lowest BCUT2D eigenvalue weighted by Gasteiger charge is -2.08. The fourth-order valence-electron chi connectivity index (χ4n) is 2.28. The van der Waals surface area contributed by atoms with Crippen LogP contribution in [0.25, 0.3) is 5.69 Å². The van der Waals surface area contributed by atoms with Crippen LogP contribution in [0.4, 0.5) is 11.6 Å². The maximum absolute atomic E-state index is 9.31. The summed E-state index contributed by atoms with van der Waals surface area (Å²) in [6.45, 7) is 6.96. The number of hydrogen-bond donors (Lipinski definition) is 2. The van der Waals surface area contributed by atoms with Gasteiger partial charge < -0.3 is 11.1 Å². The quantitative estimate of drug-likeness (QED) is 0.826. The molecule has 5 nitrogen and oxygen atoms in total. The van der Waals surface area contributed by atoms with E-state index in [0.717, 1.165) is 30.6 Å². The third-order valence-corrected chi connectivity index (χ3v) is 3.44. The first kappa shape index (κ1) is 14.9. The van der Waals surface area contributed by atoms with E-state index in [1.807, 2.05) is 26.0 Å². The molecule has 0 spiro atoms. The van der Waals surface area contributed by atoms with Crippen LogP contribution in [-0.2, 0) is 0 Å². The van der Waals surface area contributed by atoms with Crippen molar-refractivity contribution in [3.8, 4) is 11.8 Å². The normalized spacial score (nSPS) is 10.4. The molecule has 0 fully saturated rings. The number of aromatic nitrogens is 2. The lowest BCUT2D eigenvalue weighted by atomic mass is 10.1. The summed E-state index contributed by atoms with van der Waals surface area (Å²) in [5.41, 5.74) is 9.67. The molecule has 1 aromatic carbocycles. The molecular formula is C16H21N5. The molecule has 110 valence electrons. The van der Waals surface area contributed by atoms with Gasteiger partial charge in [-0.15, -0.1) is 5.10 Å². The second kappa shape index (κ2) is 6.31. The molecule has 2 aromatic rings. The zero-order chi connectivity index (χ0) is 15.4. The number of aryl methyl sites for hydroxylation is 2. The second-order valence-electron chi connectivity index (χ2n) is 5.20. The molecule has 2 rings (SSSR count). The number of nitrogens with one attached hydrogen (secondary N) is 1. The minimum absolute atomic E-state index is 0.378. The van der Waals surface area contributed by atoms with Crippen LogP contribution in [-0.4, -0.2) is 16.3 Å². The summed E-state index contributed by atoms with van der Waals surface area (Å²) < 4.78 is 1.64. The van der Waals surface area contributed by atoms with Crippen molar-refractivity contribution in [1.29, 1.82) is 5.26 Å². The molecule has 0 aliphatic rings. The van der Waals surface area contributed by atoms with Crippen molar-refractivity contribution >= 4 is 11.6 Å². The van der Waals surface area contributed by atoms with Crippen molar-refractivity contribution in [1.82, 2.24) is 9.78 Å². The van der Waals surface area contributed by atoms with E-state index in [4.69, 9.17) is 5.73 Å². The summed E-state index contributed by atoms with van der Waals surface area (Å²) in [4.78, 5) is 0. The fraction of sp³-hybridized carbons (Fsp3) is 0.375. The predicted molar refractivity (Wildman–Crippen MR) is 85.6 cm³/mol. The summed E-state index contributed by atoms with van der Waals surface area (Å²) in [5.74, 6) is 0.937. The lowest BCUT2D eigenvalue weighted by molar-refractivity contribution is 0.821. The van der Waals surface area contributed by atoms with E-state index >= 15 is 0 Å². The van der Waals surface area contributed by atoms with Gasteiger partial charge in [0.2, 0.25) is 0 Å². The van der Waals surface area contributed by atoms with E-state index < -0.39 is 0 Å². The molecule has 1 heterocycles. The molecule has 0 amide bonds. The molecule has 0 bridgehead atoms. The van der Waals surface area contributed by atoms with Crippen LogP contribution < -0.4 is 11.1 Å². The Morgan fingerprint density at radius 2 is 2.14 bits per heavy atom. The molecule has 3 N–H and O–H groups in total. The SMILES string of the molecule is CCCCNc1nn(-c2ccc(C)cc2C)c(N)c1C#N. The van der Waals surface area contributed by atoms with E-state index in [2.05, 4.69) is 29.5 Å².